The zero-order valence-corrected chi connectivity index (χ0v) is 8.72. The molecule has 1 rings (SSSR count). The Labute approximate surface area is 95.8 Å². The minimum absolute atomic E-state index is 0.00139. The van der Waals surface area contributed by atoms with E-state index in [1.165, 1.54) is 12.1 Å². The van der Waals surface area contributed by atoms with Gasteiger partial charge in [-0.05, 0) is 18.2 Å². The molecule has 0 heterocycles. The molecule has 4 N–H and O–H groups in total. The summed E-state index contributed by atoms with van der Waals surface area (Å²) in [7, 11) is 0. The fraction of sp³-hybridized carbons (Fsp3) is 0. The van der Waals surface area contributed by atoms with E-state index >= 15 is 0 Å². The van der Waals surface area contributed by atoms with Gasteiger partial charge in [0.2, 0.25) is 5.71 Å². The number of nitrogens with one attached hydrogen (secondary N) is 2. The van der Waals surface area contributed by atoms with Gasteiger partial charge in [0.1, 0.15) is 11.9 Å². The monoisotopic (exact) mass is 239 g/mol. The molecule has 0 amide bonds. The molecule has 1 aromatic carbocycles. The van der Waals surface area contributed by atoms with Gasteiger partial charge in [0.05, 0.1) is 5.69 Å². The van der Waals surface area contributed by atoms with Crippen molar-refractivity contribution in [2.45, 2.75) is 0 Å². The molecule has 0 bridgehead atoms. The van der Waals surface area contributed by atoms with Crippen LogP contribution < -0.4 is 11.2 Å². The van der Waals surface area contributed by atoms with Gasteiger partial charge in [0.15, 0.2) is 5.84 Å². The molecule has 0 spiro atoms. The van der Waals surface area contributed by atoms with E-state index in [2.05, 4.69) is 10.5 Å². The first kappa shape index (κ1) is 11.9. The Balaban J connectivity index is 2.94. The highest BCUT2D eigenvalue weighted by Gasteiger charge is 2.04. The van der Waals surface area contributed by atoms with Gasteiger partial charge >= 0.3 is 0 Å². The molecule has 0 aliphatic rings. The molecule has 0 saturated heterocycles. The number of nitrogens with two attached hydrogens (primary N) is 1. The first-order chi connectivity index (χ1) is 7.54. The van der Waals surface area contributed by atoms with Crippen LogP contribution in [0.25, 0.3) is 0 Å². The van der Waals surface area contributed by atoms with E-state index in [1.807, 2.05) is 0 Å². The van der Waals surface area contributed by atoms with Crippen molar-refractivity contribution < 1.29 is 4.39 Å². The summed E-state index contributed by atoms with van der Waals surface area (Å²) in [4.78, 5) is 0. The highest BCUT2D eigenvalue weighted by molar-refractivity contribution is 6.45. The molecule has 0 unspecified atom stereocenters. The van der Waals surface area contributed by atoms with E-state index in [0.29, 0.717) is 5.02 Å². The van der Waals surface area contributed by atoms with E-state index in [1.54, 1.807) is 6.07 Å². The van der Waals surface area contributed by atoms with Gasteiger partial charge in [-0.2, -0.15) is 10.4 Å². The molecule has 7 heteroatoms. The Hall–Kier alpha value is -2.13. The van der Waals surface area contributed by atoms with Gasteiger partial charge in [0.25, 0.3) is 0 Å². The van der Waals surface area contributed by atoms with E-state index < -0.39 is 11.7 Å². The van der Waals surface area contributed by atoms with Crippen LogP contribution >= 0.6 is 11.6 Å². The van der Waals surface area contributed by atoms with E-state index in [9.17, 15) is 4.39 Å². The van der Waals surface area contributed by atoms with Gasteiger partial charge in [-0.25, -0.2) is 4.39 Å². The smallest absolute Gasteiger partial charge is 0.201 e. The molecule has 0 saturated carbocycles. The third-order valence-electron chi connectivity index (χ3n) is 1.58. The van der Waals surface area contributed by atoms with Crippen molar-refractivity contribution in [3.05, 3.63) is 29.0 Å². The SMILES string of the molecule is N#C/C(=N\Nc1cc(Cl)ccc1F)C(=N)N. The fourth-order valence-electron chi connectivity index (χ4n) is 0.845. The lowest BCUT2D eigenvalue weighted by molar-refractivity contribution is 0.631. The summed E-state index contributed by atoms with van der Waals surface area (Å²) in [6.45, 7) is 0. The number of hydrogen-bond acceptors (Lipinski definition) is 4. The summed E-state index contributed by atoms with van der Waals surface area (Å²) >= 11 is 5.64. The average molecular weight is 240 g/mol. The molecule has 0 radical (unpaired) electrons. The first-order valence-corrected chi connectivity index (χ1v) is 4.45. The predicted octanol–water partition coefficient (Wildman–Crippen LogP) is 1.71. The number of nitrogens with zero attached hydrogens (tertiary/aromatic N) is 2. The van der Waals surface area contributed by atoms with Gasteiger partial charge in [0, 0.05) is 5.02 Å². The number of anilines is 1. The molecule has 5 nitrogen and oxygen atoms in total. The molecule has 0 fully saturated rings. The molecular formula is C9H7ClFN5. The van der Waals surface area contributed by atoms with Gasteiger partial charge in [-0.3, -0.25) is 10.8 Å². The van der Waals surface area contributed by atoms with Gasteiger partial charge in [-0.1, -0.05) is 11.6 Å². The summed E-state index contributed by atoms with van der Waals surface area (Å²) < 4.78 is 13.2. The summed E-state index contributed by atoms with van der Waals surface area (Å²) in [6.07, 6.45) is 0. The second-order valence-corrected chi connectivity index (χ2v) is 3.16. The molecular weight excluding hydrogens is 233 g/mol. The predicted molar refractivity (Wildman–Crippen MR) is 60.0 cm³/mol. The van der Waals surface area contributed by atoms with E-state index in [0.717, 1.165) is 6.07 Å². The summed E-state index contributed by atoms with van der Waals surface area (Å²) in [5.74, 6) is -1.08. The highest BCUT2D eigenvalue weighted by Crippen LogP contribution is 2.19. The minimum Gasteiger partial charge on any atom is -0.382 e. The number of benzene rings is 1. The Morgan fingerprint density at radius 2 is 2.31 bits per heavy atom. The Kier molecular flexibility index (Phi) is 3.80. The fourth-order valence-corrected chi connectivity index (χ4v) is 1.02. The number of hydrazone groups is 1. The third kappa shape index (κ3) is 2.93. The highest BCUT2D eigenvalue weighted by atomic mass is 35.5. The van der Waals surface area contributed by atoms with Crippen LogP contribution in [0.15, 0.2) is 23.3 Å². The third-order valence-corrected chi connectivity index (χ3v) is 1.81. The van der Waals surface area contributed by atoms with Gasteiger partial charge < -0.3 is 5.73 Å². The van der Waals surface area contributed by atoms with Crippen LogP contribution in [0.3, 0.4) is 0 Å². The lowest BCUT2D eigenvalue weighted by atomic mass is 10.3. The lowest BCUT2D eigenvalue weighted by Gasteiger charge is -2.02. The topological polar surface area (TPSA) is 98.0 Å². The number of hydrogen-bond donors (Lipinski definition) is 3. The number of amidine groups is 1. The van der Waals surface area contributed by atoms with E-state index in [-0.39, 0.29) is 11.4 Å². The summed E-state index contributed by atoms with van der Waals surface area (Å²) in [6, 6.07) is 5.42. The quantitative estimate of drug-likeness (QED) is 0.425. The number of rotatable bonds is 3. The minimum atomic E-state index is -0.575. The van der Waals surface area contributed by atoms with Crippen molar-refractivity contribution >= 4 is 28.8 Å². The summed E-state index contributed by atoms with van der Waals surface area (Å²) in [5, 5.41) is 19.3. The van der Waals surface area contributed by atoms with Crippen molar-refractivity contribution in [1.82, 2.24) is 0 Å². The largest absolute Gasteiger partial charge is 0.382 e. The second kappa shape index (κ2) is 5.09. The van der Waals surface area contributed by atoms with E-state index in [4.69, 9.17) is 28.0 Å². The standard InChI is InChI=1S/C9H7ClFN5/c10-5-1-2-6(11)7(3-5)15-16-8(4-12)9(13)14/h1-3,15H,(H3,13,14)/b16-8+. The number of halogens is 2. The molecule has 82 valence electrons. The first-order valence-electron chi connectivity index (χ1n) is 4.08. The molecule has 1 aromatic rings. The zero-order valence-electron chi connectivity index (χ0n) is 7.96. The van der Waals surface area contributed by atoms with Crippen LogP contribution in [-0.2, 0) is 0 Å². The lowest BCUT2D eigenvalue weighted by Crippen LogP contribution is -2.21. The normalized spacial score (nSPS) is 10.7. The Morgan fingerprint density at radius 1 is 1.62 bits per heavy atom. The van der Waals surface area contributed by atoms with Gasteiger partial charge in [-0.15, -0.1) is 0 Å². The molecule has 0 aliphatic carbocycles. The van der Waals surface area contributed by atoms with Crippen molar-refractivity contribution in [3.8, 4) is 6.07 Å². The maximum absolute atomic E-state index is 13.2. The molecule has 16 heavy (non-hydrogen) atoms. The van der Waals surface area contributed by atoms with Crippen molar-refractivity contribution in [3.63, 3.8) is 0 Å². The maximum atomic E-state index is 13.2. The molecule has 0 aliphatic heterocycles. The number of nitriles is 1. The van der Waals surface area contributed by atoms with Crippen molar-refractivity contribution in [2.75, 3.05) is 5.43 Å². The van der Waals surface area contributed by atoms with Crippen molar-refractivity contribution in [2.24, 2.45) is 10.8 Å². The molecule has 0 atom stereocenters. The van der Waals surface area contributed by atoms with Crippen molar-refractivity contribution in [1.29, 1.82) is 10.7 Å². The Bertz CT molecular complexity index is 491. The Morgan fingerprint density at radius 3 is 2.88 bits per heavy atom. The van der Waals surface area contributed by atoms with Crippen LogP contribution in [0.4, 0.5) is 10.1 Å². The van der Waals surface area contributed by atoms with Crippen LogP contribution in [0.1, 0.15) is 0 Å². The molecule has 0 aromatic heterocycles. The second-order valence-electron chi connectivity index (χ2n) is 2.72. The van der Waals surface area contributed by atoms with Crippen LogP contribution in [0, 0.1) is 22.6 Å². The zero-order chi connectivity index (χ0) is 12.1. The maximum Gasteiger partial charge on any atom is 0.201 e. The van der Waals surface area contributed by atoms with Crippen LogP contribution in [-0.4, -0.2) is 11.5 Å². The van der Waals surface area contributed by atoms with Crippen LogP contribution in [0.5, 0.6) is 0 Å². The summed E-state index contributed by atoms with van der Waals surface area (Å²) in [5.41, 5.74) is 6.99. The van der Waals surface area contributed by atoms with Crippen LogP contribution in [0.2, 0.25) is 5.02 Å². The average Bonchev–Trinajstić information content (AvgIpc) is 2.23.